The van der Waals surface area contributed by atoms with E-state index in [1.54, 1.807) is 18.6 Å². The van der Waals surface area contributed by atoms with Crippen LogP contribution in [-0.4, -0.2) is 15.0 Å². The molecule has 0 unspecified atom stereocenters. The second-order valence-electron chi connectivity index (χ2n) is 12.2. The Hall–Kier alpha value is -7.18. The van der Waals surface area contributed by atoms with Gasteiger partial charge in [0.2, 0.25) is 0 Å². The van der Waals surface area contributed by atoms with Gasteiger partial charge in [-0.1, -0.05) is 91.0 Å². The minimum absolute atomic E-state index is 0. The standard InChI is InChI=1S/3C17H12NO.Ir/c3*1-2-8-15(9-3-1)19-16-10-6-7-14(13-16)17-11-4-5-12-18-17;/h3*1-6,8-13H;/q3*-1;+3. The zero-order valence-corrected chi connectivity index (χ0v) is 33.6. The molecule has 7 heteroatoms. The summed E-state index contributed by atoms with van der Waals surface area (Å²) in [5.41, 5.74) is 5.44. The van der Waals surface area contributed by atoms with Gasteiger partial charge in [-0.15, -0.1) is 89.5 Å². The molecular formula is C51H36IrN3O3. The van der Waals surface area contributed by atoms with E-state index in [9.17, 15) is 0 Å². The molecule has 6 aromatic carbocycles. The minimum atomic E-state index is 0. The number of pyridine rings is 3. The molecule has 0 aliphatic heterocycles. The molecule has 9 rings (SSSR count). The van der Waals surface area contributed by atoms with Crippen LogP contribution in [0.5, 0.6) is 34.5 Å². The molecular weight excluding hydrogens is 895 g/mol. The van der Waals surface area contributed by atoms with E-state index in [-0.39, 0.29) is 20.1 Å². The summed E-state index contributed by atoms with van der Waals surface area (Å²) >= 11 is 0. The molecule has 0 atom stereocenters. The molecule has 0 amide bonds. The van der Waals surface area contributed by atoms with Crippen LogP contribution >= 0.6 is 0 Å². The first-order chi connectivity index (χ1) is 28.2. The van der Waals surface area contributed by atoms with E-state index in [0.29, 0.717) is 0 Å². The Morgan fingerprint density at radius 3 is 0.828 bits per heavy atom. The van der Waals surface area contributed by atoms with Crippen molar-refractivity contribution in [3.8, 4) is 68.3 Å². The minimum Gasteiger partial charge on any atom is -0.477 e. The Balaban J connectivity index is 0.000000145. The molecule has 0 bridgehead atoms. The molecule has 0 N–H and O–H groups in total. The number of nitrogens with zero attached hydrogens (tertiary/aromatic N) is 3. The number of ether oxygens (including phenoxy) is 3. The van der Waals surface area contributed by atoms with Gasteiger partial charge in [-0.2, -0.15) is 0 Å². The maximum atomic E-state index is 5.79. The smallest absolute Gasteiger partial charge is 0.477 e. The van der Waals surface area contributed by atoms with Gasteiger partial charge in [-0.05, 0) is 71.7 Å². The van der Waals surface area contributed by atoms with Gasteiger partial charge < -0.3 is 29.2 Å². The van der Waals surface area contributed by atoms with E-state index in [0.717, 1.165) is 68.3 Å². The number of rotatable bonds is 9. The van der Waals surface area contributed by atoms with Crippen molar-refractivity contribution in [1.82, 2.24) is 15.0 Å². The van der Waals surface area contributed by atoms with Crippen LogP contribution in [0.2, 0.25) is 0 Å². The van der Waals surface area contributed by atoms with Crippen molar-refractivity contribution in [2.24, 2.45) is 0 Å². The Bertz CT molecular complexity index is 2240. The van der Waals surface area contributed by atoms with Crippen LogP contribution in [0, 0.1) is 18.2 Å². The molecule has 0 spiro atoms. The monoisotopic (exact) mass is 931 g/mol. The maximum Gasteiger partial charge on any atom is 3.00 e. The van der Waals surface area contributed by atoms with Gasteiger partial charge in [0.1, 0.15) is 17.2 Å². The SMILES string of the molecule is [Ir+3].[c-]1ccc(Oc2ccccc2)cc1-c1ccccn1.[c-]1ccc(Oc2ccccc2)cc1-c1ccccn1.[c-]1ccc(Oc2ccccc2)cc1-c1ccccn1. The quantitative estimate of drug-likeness (QED) is 0.134. The average molecular weight is 931 g/mol. The molecule has 0 saturated carbocycles. The van der Waals surface area contributed by atoms with Crippen LogP contribution in [0.15, 0.2) is 219 Å². The molecule has 9 aromatic rings. The van der Waals surface area contributed by atoms with Crippen LogP contribution in [0.1, 0.15) is 0 Å². The third-order valence-electron chi connectivity index (χ3n) is 8.08. The zero-order valence-electron chi connectivity index (χ0n) is 31.2. The van der Waals surface area contributed by atoms with Crippen molar-refractivity contribution in [2.75, 3.05) is 0 Å². The van der Waals surface area contributed by atoms with Gasteiger partial charge in [0, 0.05) is 35.8 Å². The summed E-state index contributed by atoms with van der Waals surface area (Å²) in [5, 5.41) is 0. The molecule has 58 heavy (non-hydrogen) atoms. The summed E-state index contributed by atoms with van der Waals surface area (Å²) in [5.74, 6) is 4.81. The van der Waals surface area contributed by atoms with E-state index in [4.69, 9.17) is 14.2 Å². The first kappa shape index (κ1) is 40.5. The summed E-state index contributed by atoms with van der Waals surface area (Å²) in [4.78, 5) is 12.9. The summed E-state index contributed by atoms with van der Waals surface area (Å²) in [6, 6.07) is 73.1. The van der Waals surface area contributed by atoms with Gasteiger partial charge in [-0.3, -0.25) is 0 Å². The fourth-order valence-corrected chi connectivity index (χ4v) is 5.41. The maximum absolute atomic E-state index is 5.79. The second-order valence-corrected chi connectivity index (χ2v) is 12.2. The summed E-state index contributed by atoms with van der Waals surface area (Å²) in [6.45, 7) is 0. The Morgan fingerprint density at radius 1 is 0.293 bits per heavy atom. The normalized spacial score (nSPS) is 9.93. The van der Waals surface area contributed by atoms with E-state index >= 15 is 0 Å². The largest absolute Gasteiger partial charge is 3.00 e. The van der Waals surface area contributed by atoms with Crippen molar-refractivity contribution in [3.63, 3.8) is 0 Å². The molecule has 0 fully saturated rings. The number of aromatic nitrogens is 3. The summed E-state index contributed by atoms with van der Waals surface area (Å²) in [7, 11) is 0. The van der Waals surface area contributed by atoms with Crippen molar-refractivity contribution < 1.29 is 34.3 Å². The van der Waals surface area contributed by atoms with E-state index in [1.807, 2.05) is 200 Å². The van der Waals surface area contributed by atoms with Crippen molar-refractivity contribution in [3.05, 3.63) is 237 Å². The topological polar surface area (TPSA) is 66.4 Å². The molecule has 0 radical (unpaired) electrons. The van der Waals surface area contributed by atoms with Crippen molar-refractivity contribution in [2.45, 2.75) is 0 Å². The zero-order chi connectivity index (χ0) is 38.7. The molecule has 3 heterocycles. The third-order valence-corrected chi connectivity index (χ3v) is 8.08. The van der Waals surface area contributed by atoms with Gasteiger partial charge in [0.25, 0.3) is 0 Å². The second kappa shape index (κ2) is 21.8. The Morgan fingerprint density at radius 2 is 0.569 bits per heavy atom. The molecule has 0 aliphatic rings. The predicted molar refractivity (Wildman–Crippen MR) is 225 cm³/mol. The molecule has 6 nitrogen and oxygen atoms in total. The van der Waals surface area contributed by atoms with Gasteiger partial charge >= 0.3 is 20.1 Å². The predicted octanol–water partition coefficient (Wildman–Crippen LogP) is 13.0. The Labute approximate surface area is 352 Å². The number of para-hydroxylation sites is 3. The van der Waals surface area contributed by atoms with Crippen LogP contribution in [0.3, 0.4) is 0 Å². The van der Waals surface area contributed by atoms with E-state index in [1.165, 1.54) is 0 Å². The Kier molecular flexibility index (Phi) is 15.2. The third kappa shape index (κ3) is 12.4. The van der Waals surface area contributed by atoms with E-state index < -0.39 is 0 Å². The molecule has 0 aliphatic carbocycles. The number of hydrogen-bond donors (Lipinski definition) is 0. The van der Waals surface area contributed by atoms with Crippen LogP contribution < -0.4 is 14.2 Å². The fraction of sp³-hybridized carbons (Fsp3) is 0. The van der Waals surface area contributed by atoms with Gasteiger partial charge in [-0.25, -0.2) is 0 Å². The van der Waals surface area contributed by atoms with Gasteiger partial charge in [0.05, 0.1) is 0 Å². The number of benzene rings is 6. The van der Waals surface area contributed by atoms with Crippen LogP contribution in [-0.2, 0) is 20.1 Å². The summed E-state index contributed by atoms with van der Waals surface area (Å²) < 4.78 is 17.4. The molecule has 3 aromatic heterocycles. The van der Waals surface area contributed by atoms with Crippen LogP contribution in [0.25, 0.3) is 33.8 Å². The fourth-order valence-electron chi connectivity index (χ4n) is 5.41. The summed E-state index contributed by atoms with van der Waals surface area (Å²) in [6.07, 6.45) is 5.32. The number of hydrogen-bond acceptors (Lipinski definition) is 6. The molecule has 0 saturated heterocycles. The van der Waals surface area contributed by atoms with Crippen molar-refractivity contribution >= 4 is 0 Å². The van der Waals surface area contributed by atoms with Crippen LogP contribution in [0.4, 0.5) is 0 Å². The first-order valence-corrected chi connectivity index (χ1v) is 18.2. The van der Waals surface area contributed by atoms with Crippen molar-refractivity contribution in [1.29, 1.82) is 0 Å². The molecule has 282 valence electrons. The van der Waals surface area contributed by atoms with Gasteiger partial charge in [0.15, 0.2) is 0 Å². The average Bonchev–Trinajstić information content (AvgIpc) is 3.29. The van der Waals surface area contributed by atoms with E-state index in [2.05, 4.69) is 33.2 Å². The first-order valence-electron chi connectivity index (χ1n) is 18.2.